The first-order chi connectivity index (χ1) is 5.65. The molecule has 1 N–H and O–H groups in total. The highest BCUT2D eigenvalue weighted by molar-refractivity contribution is 5.93. The van der Waals surface area contributed by atoms with Gasteiger partial charge in [0.25, 0.3) is 0 Å². The summed E-state index contributed by atoms with van der Waals surface area (Å²) in [6.07, 6.45) is 0.458. The fourth-order valence-corrected chi connectivity index (χ4v) is 1.31. The smallest absolute Gasteiger partial charge is 0.321 e. The highest BCUT2D eigenvalue weighted by Crippen LogP contribution is 2.13. The van der Waals surface area contributed by atoms with Crippen LogP contribution in [0.3, 0.4) is 0 Å². The summed E-state index contributed by atoms with van der Waals surface area (Å²) in [4.78, 5) is 16.9. The molecule has 1 fully saturated rings. The van der Waals surface area contributed by atoms with Gasteiger partial charge in [-0.1, -0.05) is 5.16 Å². The number of hydrogen-bond donors (Lipinski definition) is 1. The van der Waals surface area contributed by atoms with Crippen molar-refractivity contribution < 1.29 is 14.7 Å². The van der Waals surface area contributed by atoms with Crippen LogP contribution >= 0.6 is 0 Å². The summed E-state index contributed by atoms with van der Waals surface area (Å²) in [6, 6.07) is -0.445. The second kappa shape index (κ2) is 3.53. The molecule has 1 aliphatic heterocycles. The molecule has 0 aromatic carbocycles. The first kappa shape index (κ1) is 8.99. The van der Waals surface area contributed by atoms with Gasteiger partial charge in [-0.05, 0) is 7.05 Å². The number of oxime groups is 1. The van der Waals surface area contributed by atoms with Crippen LogP contribution in [-0.4, -0.2) is 48.4 Å². The SMILES string of the molecule is CON=C1C[C@@H](C(=O)O)N(C)C1. The Bertz CT molecular complexity index is 215. The van der Waals surface area contributed by atoms with E-state index in [1.807, 2.05) is 0 Å². The predicted molar refractivity (Wildman–Crippen MR) is 43.1 cm³/mol. The van der Waals surface area contributed by atoms with Crippen molar-refractivity contribution in [2.24, 2.45) is 5.16 Å². The van der Waals surface area contributed by atoms with Crippen LogP contribution in [-0.2, 0) is 9.63 Å². The minimum Gasteiger partial charge on any atom is -0.480 e. The van der Waals surface area contributed by atoms with Gasteiger partial charge in [0, 0.05) is 13.0 Å². The van der Waals surface area contributed by atoms with Crippen LogP contribution in [0.2, 0.25) is 0 Å². The van der Waals surface area contributed by atoms with E-state index in [1.165, 1.54) is 7.11 Å². The molecule has 1 rings (SSSR count). The normalized spacial score (nSPS) is 27.8. The highest BCUT2D eigenvalue weighted by atomic mass is 16.6. The molecular weight excluding hydrogens is 160 g/mol. The maximum atomic E-state index is 10.6. The van der Waals surface area contributed by atoms with Crippen molar-refractivity contribution in [2.45, 2.75) is 12.5 Å². The van der Waals surface area contributed by atoms with Crippen LogP contribution < -0.4 is 0 Å². The van der Waals surface area contributed by atoms with Crippen LogP contribution in [0.4, 0.5) is 0 Å². The van der Waals surface area contributed by atoms with Crippen LogP contribution in [0.25, 0.3) is 0 Å². The second-order valence-corrected chi connectivity index (χ2v) is 2.81. The fraction of sp³-hybridized carbons (Fsp3) is 0.714. The van der Waals surface area contributed by atoms with Gasteiger partial charge in [-0.3, -0.25) is 9.69 Å². The van der Waals surface area contributed by atoms with Gasteiger partial charge in [-0.15, -0.1) is 0 Å². The van der Waals surface area contributed by atoms with Crippen molar-refractivity contribution in [1.82, 2.24) is 4.90 Å². The lowest BCUT2D eigenvalue weighted by molar-refractivity contribution is -0.141. The van der Waals surface area contributed by atoms with Crippen LogP contribution in [0.1, 0.15) is 6.42 Å². The molecule has 0 aromatic rings. The number of likely N-dealkylation sites (N-methyl/N-ethyl adjacent to an activating group) is 1. The van der Waals surface area contributed by atoms with Gasteiger partial charge in [0.15, 0.2) is 0 Å². The largest absolute Gasteiger partial charge is 0.480 e. The molecule has 1 aliphatic rings. The fourth-order valence-electron chi connectivity index (χ4n) is 1.31. The molecule has 0 aliphatic carbocycles. The number of rotatable bonds is 2. The molecule has 0 radical (unpaired) electrons. The van der Waals surface area contributed by atoms with Crippen molar-refractivity contribution >= 4 is 11.7 Å². The molecule has 0 aromatic heterocycles. The maximum Gasteiger partial charge on any atom is 0.321 e. The summed E-state index contributed by atoms with van der Waals surface area (Å²) in [5.74, 6) is -0.807. The number of carbonyl (C=O) groups is 1. The molecule has 1 atom stereocenters. The summed E-state index contributed by atoms with van der Waals surface area (Å²) >= 11 is 0. The summed E-state index contributed by atoms with van der Waals surface area (Å²) in [7, 11) is 3.22. The van der Waals surface area contributed by atoms with Crippen LogP contribution in [0.15, 0.2) is 5.16 Å². The van der Waals surface area contributed by atoms with E-state index in [0.29, 0.717) is 13.0 Å². The van der Waals surface area contributed by atoms with Gasteiger partial charge in [0.05, 0.1) is 5.71 Å². The number of likely N-dealkylation sites (tertiary alicyclic amines) is 1. The first-order valence-corrected chi connectivity index (χ1v) is 3.67. The van der Waals surface area contributed by atoms with Gasteiger partial charge >= 0.3 is 5.97 Å². The molecular formula is C7H12N2O3. The molecule has 68 valence electrons. The van der Waals surface area contributed by atoms with Crippen molar-refractivity contribution in [1.29, 1.82) is 0 Å². The van der Waals surface area contributed by atoms with E-state index in [1.54, 1.807) is 11.9 Å². The number of carboxylic acids is 1. The lowest BCUT2D eigenvalue weighted by Crippen LogP contribution is -2.32. The molecule has 5 nitrogen and oxygen atoms in total. The van der Waals surface area contributed by atoms with Gasteiger partial charge in [-0.25, -0.2) is 0 Å². The van der Waals surface area contributed by atoms with E-state index < -0.39 is 12.0 Å². The summed E-state index contributed by atoms with van der Waals surface area (Å²) in [6.45, 7) is 0.574. The van der Waals surface area contributed by atoms with E-state index >= 15 is 0 Å². The monoisotopic (exact) mass is 172 g/mol. The summed E-state index contributed by atoms with van der Waals surface area (Å²) < 4.78 is 0. The average Bonchev–Trinajstić information content (AvgIpc) is 2.32. The number of nitrogens with zero attached hydrogens (tertiary/aromatic N) is 2. The van der Waals surface area contributed by atoms with E-state index in [0.717, 1.165) is 5.71 Å². The summed E-state index contributed by atoms with van der Waals surface area (Å²) in [5, 5.41) is 12.5. The van der Waals surface area contributed by atoms with E-state index in [4.69, 9.17) is 5.11 Å². The van der Waals surface area contributed by atoms with Gasteiger partial charge < -0.3 is 9.94 Å². The Morgan fingerprint density at radius 3 is 2.92 bits per heavy atom. The maximum absolute atomic E-state index is 10.6. The van der Waals surface area contributed by atoms with E-state index in [-0.39, 0.29) is 0 Å². The van der Waals surface area contributed by atoms with E-state index in [2.05, 4.69) is 9.99 Å². The molecule has 1 heterocycles. The second-order valence-electron chi connectivity index (χ2n) is 2.81. The van der Waals surface area contributed by atoms with Crippen LogP contribution in [0.5, 0.6) is 0 Å². The first-order valence-electron chi connectivity index (χ1n) is 3.67. The Morgan fingerprint density at radius 2 is 2.50 bits per heavy atom. The van der Waals surface area contributed by atoms with Crippen molar-refractivity contribution in [3.05, 3.63) is 0 Å². The summed E-state index contributed by atoms with van der Waals surface area (Å²) in [5.41, 5.74) is 0.785. The minimum atomic E-state index is -0.807. The lowest BCUT2D eigenvalue weighted by atomic mass is 10.2. The lowest BCUT2D eigenvalue weighted by Gasteiger charge is -2.12. The Balaban J connectivity index is 2.62. The number of carboxylic acid groups (broad SMARTS) is 1. The average molecular weight is 172 g/mol. The Morgan fingerprint density at radius 1 is 1.83 bits per heavy atom. The molecule has 0 spiro atoms. The zero-order valence-electron chi connectivity index (χ0n) is 7.15. The standard InChI is InChI=1S/C7H12N2O3/c1-9-4-5(8-12-2)3-6(9)7(10)11/h6H,3-4H2,1-2H3,(H,10,11)/t6-/m0/s1. The topological polar surface area (TPSA) is 62.1 Å². The molecule has 0 amide bonds. The Labute approximate surface area is 70.6 Å². The Hall–Kier alpha value is -1.10. The number of hydrogen-bond acceptors (Lipinski definition) is 4. The molecule has 0 unspecified atom stereocenters. The van der Waals surface area contributed by atoms with Crippen molar-refractivity contribution in [3.63, 3.8) is 0 Å². The Kier molecular flexibility index (Phi) is 2.65. The zero-order chi connectivity index (χ0) is 9.14. The van der Waals surface area contributed by atoms with Gasteiger partial charge in [-0.2, -0.15) is 0 Å². The zero-order valence-corrected chi connectivity index (χ0v) is 7.15. The van der Waals surface area contributed by atoms with Crippen molar-refractivity contribution in [3.8, 4) is 0 Å². The predicted octanol–water partition coefficient (Wildman–Crippen LogP) is -0.223. The van der Waals surface area contributed by atoms with Crippen LogP contribution in [0, 0.1) is 0 Å². The van der Waals surface area contributed by atoms with Crippen molar-refractivity contribution in [2.75, 3.05) is 20.7 Å². The minimum absolute atomic E-state index is 0.445. The molecule has 0 saturated carbocycles. The molecule has 12 heavy (non-hydrogen) atoms. The third-order valence-electron chi connectivity index (χ3n) is 1.90. The van der Waals surface area contributed by atoms with Gasteiger partial charge in [0.2, 0.25) is 0 Å². The third kappa shape index (κ3) is 1.73. The number of aliphatic carboxylic acids is 1. The van der Waals surface area contributed by atoms with Gasteiger partial charge in [0.1, 0.15) is 13.2 Å². The molecule has 1 saturated heterocycles. The van der Waals surface area contributed by atoms with E-state index in [9.17, 15) is 4.79 Å². The third-order valence-corrected chi connectivity index (χ3v) is 1.90. The molecule has 5 heteroatoms. The quantitative estimate of drug-likeness (QED) is 0.585. The highest BCUT2D eigenvalue weighted by Gasteiger charge is 2.31. The molecule has 0 bridgehead atoms.